The lowest BCUT2D eigenvalue weighted by atomic mass is 9.96. The quantitative estimate of drug-likeness (QED) is 0.905. The van der Waals surface area contributed by atoms with Gasteiger partial charge in [0, 0.05) is 44.8 Å². The van der Waals surface area contributed by atoms with E-state index < -0.39 is 0 Å². The number of benzene rings is 1. The van der Waals surface area contributed by atoms with Gasteiger partial charge in [-0.05, 0) is 24.5 Å². The zero-order valence-electron chi connectivity index (χ0n) is 13.9. The average molecular weight is 315 g/mol. The Bertz CT molecular complexity index is 592. The molecule has 3 rings (SSSR count). The van der Waals surface area contributed by atoms with Crippen LogP contribution in [-0.4, -0.2) is 42.9 Å². The summed E-state index contributed by atoms with van der Waals surface area (Å²) in [5.74, 6) is 0.154. The number of amides is 2. The van der Waals surface area contributed by atoms with E-state index in [0.29, 0.717) is 25.9 Å². The van der Waals surface area contributed by atoms with Crippen LogP contribution >= 0.6 is 0 Å². The van der Waals surface area contributed by atoms with Gasteiger partial charge in [0.05, 0.1) is 5.92 Å². The Morgan fingerprint density at radius 1 is 1.35 bits per heavy atom. The standard InChI is InChI=1S/C18H25N3O2/c1-3-15-12-20(2)16-7-5-4-6-14(16)11-21(15)18(23)13-8-9-17(22)19-10-13/h4-7,13,15H,3,8-12H2,1-2H3,(H,19,22)/t13-,15-/m1/s1. The van der Waals surface area contributed by atoms with Crippen molar-refractivity contribution in [2.75, 3.05) is 25.0 Å². The minimum atomic E-state index is -0.0858. The molecule has 2 aliphatic heterocycles. The molecule has 1 saturated heterocycles. The van der Waals surface area contributed by atoms with Gasteiger partial charge in [0.25, 0.3) is 0 Å². The van der Waals surface area contributed by atoms with Gasteiger partial charge in [0.1, 0.15) is 0 Å². The summed E-state index contributed by atoms with van der Waals surface area (Å²) in [5.41, 5.74) is 2.40. The first-order valence-electron chi connectivity index (χ1n) is 8.46. The van der Waals surface area contributed by atoms with Crippen molar-refractivity contribution in [3.63, 3.8) is 0 Å². The van der Waals surface area contributed by atoms with Gasteiger partial charge in [0.15, 0.2) is 0 Å². The van der Waals surface area contributed by atoms with Gasteiger partial charge in [-0.3, -0.25) is 9.59 Å². The van der Waals surface area contributed by atoms with Crippen LogP contribution in [0.25, 0.3) is 0 Å². The lowest BCUT2D eigenvalue weighted by Crippen LogP contribution is -2.49. The first-order valence-corrected chi connectivity index (χ1v) is 8.46. The van der Waals surface area contributed by atoms with E-state index in [2.05, 4.69) is 36.3 Å². The van der Waals surface area contributed by atoms with Crippen molar-refractivity contribution in [3.8, 4) is 0 Å². The number of carbonyl (C=O) groups is 2. The normalized spacial score (nSPS) is 24.7. The lowest BCUT2D eigenvalue weighted by Gasteiger charge is -2.34. The first kappa shape index (κ1) is 15.8. The van der Waals surface area contributed by atoms with E-state index in [1.165, 1.54) is 11.3 Å². The van der Waals surface area contributed by atoms with Crippen molar-refractivity contribution in [3.05, 3.63) is 29.8 Å². The zero-order chi connectivity index (χ0) is 16.4. The fourth-order valence-electron chi connectivity index (χ4n) is 3.63. The Labute approximate surface area is 137 Å². The Morgan fingerprint density at radius 2 is 2.13 bits per heavy atom. The molecule has 2 amide bonds. The number of rotatable bonds is 2. The van der Waals surface area contributed by atoms with Crippen molar-refractivity contribution in [2.24, 2.45) is 5.92 Å². The Balaban J connectivity index is 1.84. The summed E-state index contributed by atoms with van der Waals surface area (Å²) in [6.45, 7) is 4.11. The van der Waals surface area contributed by atoms with Crippen LogP contribution in [0.1, 0.15) is 31.7 Å². The van der Waals surface area contributed by atoms with E-state index in [4.69, 9.17) is 0 Å². The van der Waals surface area contributed by atoms with Crippen molar-refractivity contribution >= 4 is 17.5 Å². The molecule has 2 aliphatic rings. The number of fused-ring (bicyclic) bond motifs is 1. The van der Waals surface area contributed by atoms with E-state index in [9.17, 15) is 9.59 Å². The molecule has 0 saturated carbocycles. The highest BCUT2D eigenvalue weighted by Crippen LogP contribution is 2.28. The molecule has 23 heavy (non-hydrogen) atoms. The second-order valence-corrected chi connectivity index (χ2v) is 6.58. The Hall–Kier alpha value is -2.04. The van der Waals surface area contributed by atoms with Crippen molar-refractivity contribution in [2.45, 2.75) is 38.8 Å². The molecule has 0 radical (unpaired) electrons. The lowest BCUT2D eigenvalue weighted by molar-refractivity contribution is -0.140. The number of anilines is 1. The molecule has 1 aromatic carbocycles. The molecule has 1 fully saturated rings. The van der Waals surface area contributed by atoms with Crippen LogP contribution in [0.2, 0.25) is 0 Å². The number of hydrogen-bond donors (Lipinski definition) is 1. The molecule has 0 bridgehead atoms. The third-order valence-electron chi connectivity index (χ3n) is 5.04. The molecule has 1 aromatic rings. The molecule has 124 valence electrons. The fraction of sp³-hybridized carbons (Fsp3) is 0.556. The largest absolute Gasteiger partial charge is 0.372 e. The molecule has 2 atom stereocenters. The zero-order valence-corrected chi connectivity index (χ0v) is 13.9. The van der Waals surface area contributed by atoms with Crippen LogP contribution in [0.4, 0.5) is 5.69 Å². The Kier molecular flexibility index (Phi) is 4.55. The minimum Gasteiger partial charge on any atom is -0.372 e. The highest BCUT2D eigenvalue weighted by molar-refractivity contribution is 5.84. The number of nitrogens with zero attached hydrogens (tertiary/aromatic N) is 2. The summed E-state index contributed by atoms with van der Waals surface area (Å²) in [6.07, 6.45) is 2.05. The minimum absolute atomic E-state index is 0.0574. The summed E-state index contributed by atoms with van der Waals surface area (Å²) in [4.78, 5) is 28.7. The molecule has 5 nitrogen and oxygen atoms in total. The average Bonchev–Trinajstić information content (AvgIpc) is 2.72. The van der Waals surface area contributed by atoms with E-state index in [1.807, 2.05) is 17.0 Å². The molecular formula is C18H25N3O2. The third-order valence-corrected chi connectivity index (χ3v) is 5.04. The Morgan fingerprint density at radius 3 is 2.83 bits per heavy atom. The number of hydrogen-bond acceptors (Lipinski definition) is 3. The molecule has 5 heteroatoms. The van der Waals surface area contributed by atoms with Gasteiger partial charge in [-0.2, -0.15) is 0 Å². The first-order chi connectivity index (χ1) is 11.1. The van der Waals surface area contributed by atoms with E-state index >= 15 is 0 Å². The van der Waals surface area contributed by atoms with E-state index in [1.54, 1.807) is 0 Å². The van der Waals surface area contributed by atoms with Gasteiger partial charge >= 0.3 is 0 Å². The van der Waals surface area contributed by atoms with E-state index in [0.717, 1.165) is 13.0 Å². The summed E-state index contributed by atoms with van der Waals surface area (Å²) < 4.78 is 0. The SMILES string of the molecule is CC[C@@H]1CN(C)c2ccccc2CN1C(=O)[C@@H]1CCC(=O)NC1. The predicted octanol–water partition coefficient (Wildman–Crippen LogP) is 1.77. The molecule has 0 spiro atoms. The maximum Gasteiger partial charge on any atom is 0.228 e. The van der Waals surface area contributed by atoms with Crippen molar-refractivity contribution in [1.29, 1.82) is 0 Å². The molecule has 0 unspecified atom stereocenters. The van der Waals surface area contributed by atoms with Gasteiger partial charge in [-0.1, -0.05) is 25.1 Å². The molecular weight excluding hydrogens is 290 g/mol. The highest BCUT2D eigenvalue weighted by atomic mass is 16.2. The topological polar surface area (TPSA) is 52.7 Å². The smallest absolute Gasteiger partial charge is 0.228 e. The molecule has 1 N–H and O–H groups in total. The second kappa shape index (κ2) is 6.60. The summed E-state index contributed by atoms with van der Waals surface area (Å²) in [6, 6.07) is 8.51. The molecule has 0 aromatic heterocycles. The molecule has 2 heterocycles. The van der Waals surface area contributed by atoms with Gasteiger partial charge in [0.2, 0.25) is 11.8 Å². The number of para-hydroxylation sites is 1. The summed E-state index contributed by atoms with van der Waals surface area (Å²) in [7, 11) is 2.09. The van der Waals surface area contributed by atoms with Crippen LogP contribution in [0.15, 0.2) is 24.3 Å². The van der Waals surface area contributed by atoms with Crippen LogP contribution < -0.4 is 10.2 Å². The number of piperidine rings is 1. The highest BCUT2D eigenvalue weighted by Gasteiger charge is 2.34. The summed E-state index contributed by atoms with van der Waals surface area (Å²) >= 11 is 0. The number of carbonyl (C=O) groups excluding carboxylic acids is 2. The maximum absolute atomic E-state index is 13.1. The summed E-state index contributed by atoms with van der Waals surface area (Å²) in [5, 5.41) is 2.83. The predicted molar refractivity (Wildman–Crippen MR) is 90.1 cm³/mol. The van der Waals surface area contributed by atoms with Crippen LogP contribution in [0.5, 0.6) is 0 Å². The number of nitrogens with one attached hydrogen (secondary N) is 1. The maximum atomic E-state index is 13.1. The monoisotopic (exact) mass is 315 g/mol. The van der Waals surface area contributed by atoms with Crippen LogP contribution in [0.3, 0.4) is 0 Å². The van der Waals surface area contributed by atoms with E-state index in [-0.39, 0.29) is 23.8 Å². The van der Waals surface area contributed by atoms with Gasteiger partial charge in [-0.25, -0.2) is 0 Å². The van der Waals surface area contributed by atoms with Crippen LogP contribution in [0, 0.1) is 5.92 Å². The van der Waals surface area contributed by atoms with Gasteiger partial charge in [-0.15, -0.1) is 0 Å². The van der Waals surface area contributed by atoms with Crippen molar-refractivity contribution in [1.82, 2.24) is 10.2 Å². The van der Waals surface area contributed by atoms with Crippen molar-refractivity contribution < 1.29 is 9.59 Å². The second-order valence-electron chi connectivity index (χ2n) is 6.58. The van der Waals surface area contributed by atoms with Crippen LogP contribution in [-0.2, 0) is 16.1 Å². The third kappa shape index (κ3) is 3.19. The molecule has 0 aliphatic carbocycles. The van der Waals surface area contributed by atoms with Gasteiger partial charge < -0.3 is 15.1 Å². The number of likely N-dealkylation sites (N-methyl/N-ethyl adjacent to an activating group) is 1. The fourth-order valence-corrected chi connectivity index (χ4v) is 3.63.